The number of allylic oxidation sites excluding steroid dienone is 1. The number of rotatable bonds is 6. The first-order valence-corrected chi connectivity index (χ1v) is 9.11. The average molecular weight is 373 g/mol. The van der Waals surface area contributed by atoms with Crippen molar-refractivity contribution >= 4 is 5.91 Å². The predicted octanol–water partition coefficient (Wildman–Crippen LogP) is 5.53. The maximum atomic E-state index is 12.9. The van der Waals surface area contributed by atoms with Gasteiger partial charge in [-0.25, -0.2) is 0 Å². The van der Waals surface area contributed by atoms with Crippen LogP contribution in [0.5, 0.6) is 0 Å². The van der Waals surface area contributed by atoms with Gasteiger partial charge in [-0.05, 0) is 47.2 Å². The SMILES string of the molecule is CCC/C=C1/CC1NC(=O)Cc1cccc(-c2cccc(C(F)(F)F)c2)c1. The molecule has 1 fully saturated rings. The fourth-order valence-corrected chi connectivity index (χ4v) is 3.04. The third kappa shape index (κ3) is 5.22. The number of carbonyl (C=O) groups excluding carboxylic acids is 1. The standard InChI is InChI=1S/C22H22F3NO/c1-2-3-7-18-14-20(18)26-21(27)12-15-6-4-8-16(11-15)17-9-5-10-19(13-17)22(23,24)25/h4-11,13,20H,2-3,12,14H2,1H3,(H,26,27)/b18-7-. The van der Waals surface area contributed by atoms with Crippen molar-refractivity contribution in [3.63, 3.8) is 0 Å². The summed E-state index contributed by atoms with van der Waals surface area (Å²) < 4.78 is 38.7. The number of alkyl halides is 3. The minimum absolute atomic E-state index is 0.0684. The van der Waals surface area contributed by atoms with Crippen LogP contribution in [0.3, 0.4) is 0 Å². The van der Waals surface area contributed by atoms with E-state index in [9.17, 15) is 18.0 Å². The first kappa shape index (κ1) is 19.2. The van der Waals surface area contributed by atoms with Gasteiger partial charge in [0, 0.05) is 0 Å². The van der Waals surface area contributed by atoms with Crippen LogP contribution < -0.4 is 5.32 Å². The van der Waals surface area contributed by atoms with Crippen molar-refractivity contribution in [1.29, 1.82) is 0 Å². The van der Waals surface area contributed by atoms with Crippen LogP contribution in [-0.2, 0) is 17.4 Å². The summed E-state index contributed by atoms with van der Waals surface area (Å²) in [7, 11) is 0. The molecule has 1 saturated carbocycles. The Morgan fingerprint density at radius 1 is 1.15 bits per heavy atom. The lowest BCUT2D eigenvalue weighted by atomic mass is 10.00. The van der Waals surface area contributed by atoms with Crippen molar-refractivity contribution in [3.05, 3.63) is 71.3 Å². The van der Waals surface area contributed by atoms with E-state index in [2.05, 4.69) is 18.3 Å². The molecule has 0 spiro atoms. The van der Waals surface area contributed by atoms with E-state index in [0.717, 1.165) is 37.0 Å². The number of nitrogens with one attached hydrogen (secondary N) is 1. The van der Waals surface area contributed by atoms with Crippen LogP contribution >= 0.6 is 0 Å². The highest BCUT2D eigenvalue weighted by Crippen LogP contribution is 2.32. The van der Waals surface area contributed by atoms with Crippen LogP contribution in [0.2, 0.25) is 0 Å². The number of halogens is 3. The van der Waals surface area contributed by atoms with Crippen LogP contribution in [0, 0.1) is 0 Å². The minimum atomic E-state index is -4.37. The number of amides is 1. The molecular weight excluding hydrogens is 351 g/mol. The predicted molar refractivity (Wildman–Crippen MR) is 100 cm³/mol. The van der Waals surface area contributed by atoms with E-state index in [1.807, 2.05) is 6.07 Å². The molecule has 0 aliphatic heterocycles. The summed E-state index contributed by atoms with van der Waals surface area (Å²) in [6.07, 6.45) is 1.05. The molecule has 1 unspecified atom stereocenters. The molecule has 5 heteroatoms. The van der Waals surface area contributed by atoms with Crippen molar-refractivity contribution < 1.29 is 18.0 Å². The van der Waals surface area contributed by atoms with E-state index in [1.165, 1.54) is 11.6 Å². The summed E-state index contributed by atoms with van der Waals surface area (Å²) in [5, 5.41) is 2.99. The van der Waals surface area contributed by atoms with Crippen molar-refractivity contribution in [3.8, 4) is 11.1 Å². The molecular formula is C22H22F3NO. The van der Waals surface area contributed by atoms with Crippen molar-refractivity contribution in [2.24, 2.45) is 0 Å². The Bertz CT molecular complexity index is 855. The average Bonchev–Trinajstić information content (AvgIpc) is 3.37. The normalized spacial score (nSPS) is 17.8. The quantitative estimate of drug-likeness (QED) is 0.663. The van der Waals surface area contributed by atoms with Gasteiger partial charge in [0.2, 0.25) is 5.91 Å². The topological polar surface area (TPSA) is 29.1 Å². The smallest absolute Gasteiger partial charge is 0.349 e. The zero-order chi connectivity index (χ0) is 19.4. The molecule has 2 nitrogen and oxygen atoms in total. The lowest BCUT2D eigenvalue weighted by Gasteiger charge is -2.10. The zero-order valence-corrected chi connectivity index (χ0v) is 15.1. The summed E-state index contributed by atoms with van der Waals surface area (Å²) in [4.78, 5) is 12.2. The monoisotopic (exact) mass is 373 g/mol. The highest BCUT2D eigenvalue weighted by molar-refractivity contribution is 5.80. The molecule has 2 aromatic rings. The highest BCUT2D eigenvalue weighted by Gasteiger charge is 2.31. The minimum Gasteiger partial charge on any atom is -0.349 e. The molecule has 27 heavy (non-hydrogen) atoms. The Morgan fingerprint density at radius 2 is 1.85 bits per heavy atom. The van der Waals surface area contributed by atoms with E-state index in [1.54, 1.807) is 24.3 Å². The summed E-state index contributed by atoms with van der Waals surface area (Å²) in [5.41, 5.74) is 2.54. The van der Waals surface area contributed by atoms with Gasteiger partial charge < -0.3 is 5.32 Å². The molecule has 0 radical (unpaired) electrons. The fraction of sp³-hybridized carbons (Fsp3) is 0.318. The maximum Gasteiger partial charge on any atom is 0.416 e. The second-order valence-electron chi connectivity index (χ2n) is 6.85. The van der Waals surface area contributed by atoms with Gasteiger partial charge in [0.25, 0.3) is 0 Å². The Morgan fingerprint density at radius 3 is 2.56 bits per heavy atom. The summed E-state index contributed by atoms with van der Waals surface area (Å²) >= 11 is 0. The van der Waals surface area contributed by atoms with Gasteiger partial charge in [-0.3, -0.25) is 4.79 Å². The molecule has 0 saturated heterocycles. The first-order chi connectivity index (χ1) is 12.9. The van der Waals surface area contributed by atoms with Gasteiger partial charge in [-0.1, -0.05) is 55.8 Å². The van der Waals surface area contributed by atoms with E-state index in [4.69, 9.17) is 0 Å². The van der Waals surface area contributed by atoms with Gasteiger partial charge >= 0.3 is 6.18 Å². The molecule has 1 amide bonds. The Hall–Kier alpha value is -2.56. The lowest BCUT2D eigenvalue weighted by molar-refractivity contribution is -0.137. The van der Waals surface area contributed by atoms with E-state index < -0.39 is 11.7 Å². The van der Waals surface area contributed by atoms with Crippen LogP contribution in [0.25, 0.3) is 11.1 Å². The Balaban J connectivity index is 1.67. The number of carbonyl (C=O) groups is 1. The number of hydrogen-bond acceptors (Lipinski definition) is 1. The van der Waals surface area contributed by atoms with E-state index in [0.29, 0.717) is 11.1 Å². The fourth-order valence-electron chi connectivity index (χ4n) is 3.04. The summed E-state index contributed by atoms with van der Waals surface area (Å²) in [5.74, 6) is -0.0684. The number of unbranched alkanes of at least 4 members (excludes halogenated alkanes) is 1. The van der Waals surface area contributed by atoms with Crippen LogP contribution in [0.4, 0.5) is 13.2 Å². The molecule has 0 aromatic heterocycles. The number of hydrogen-bond donors (Lipinski definition) is 1. The third-order valence-corrected chi connectivity index (χ3v) is 4.57. The second kappa shape index (κ2) is 7.99. The molecule has 1 aliphatic rings. The second-order valence-corrected chi connectivity index (χ2v) is 6.85. The summed E-state index contributed by atoms with van der Waals surface area (Å²) in [6, 6.07) is 12.5. The molecule has 3 rings (SSSR count). The molecule has 1 aliphatic carbocycles. The largest absolute Gasteiger partial charge is 0.416 e. The third-order valence-electron chi connectivity index (χ3n) is 4.57. The van der Waals surface area contributed by atoms with Crippen LogP contribution in [0.1, 0.15) is 37.3 Å². The molecule has 1 atom stereocenters. The van der Waals surface area contributed by atoms with Gasteiger partial charge in [-0.15, -0.1) is 0 Å². The highest BCUT2D eigenvalue weighted by atomic mass is 19.4. The van der Waals surface area contributed by atoms with Gasteiger partial charge in [-0.2, -0.15) is 13.2 Å². The first-order valence-electron chi connectivity index (χ1n) is 9.11. The molecule has 0 heterocycles. The van der Waals surface area contributed by atoms with E-state index >= 15 is 0 Å². The number of benzene rings is 2. The maximum absolute atomic E-state index is 12.9. The van der Waals surface area contributed by atoms with Crippen molar-refractivity contribution in [2.45, 2.75) is 44.8 Å². The van der Waals surface area contributed by atoms with Gasteiger partial charge in [0.15, 0.2) is 0 Å². The summed E-state index contributed by atoms with van der Waals surface area (Å²) in [6.45, 7) is 2.12. The Labute approximate surface area is 157 Å². The molecule has 0 bridgehead atoms. The Kier molecular flexibility index (Phi) is 5.68. The molecule has 1 N–H and O–H groups in total. The van der Waals surface area contributed by atoms with Gasteiger partial charge in [0.05, 0.1) is 18.0 Å². The van der Waals surface area contributed by atoms with Crippen molar-refractivity contribution in [1.82, 2.24) is 5.32 Å². The van der Waals surface area contributed by atoms with Crippen molar-refractivity contribution in [2.75, 3.05) is 0 Å². The van der Waals surface area contributed by atoms with Crippen LogP contribution in [-0.4, -0.2) is 11.9 Å². The van der Waals surface area contributed by atoms with Crippen LogP contribution in [0.15, 0.2) is 60.2 Å². The van der Waals surface area contributed by atoms with E-state index in [-0.39, 0.29) is 18.4 Å². The molecule has 142 valence electrons. The van der Waals surface area contributed by atoms with Gasteiger partial charge in [0.1, 0.15) is 0 Å². The molecule has 2 aromatic carbocycles. The zero-order valence-electron chi connectivity index (χ0n) is 15.1. The lowest BCUT2D eigenvalue weighted by Crippen LogP contribution is -2.27.